The number of rotatable bonds is 9. The molecule has 1 amide bonds. The Hall–Kier alpha value is -3.79. The van der Waals surface area contributed by atoms with Gasteiger partial charge in [-0.2, -0.15) is 0 Å². The van der Waals surface area contributed by atoms with Gasteiger partial charge in [0.1, 0.15) is 19.4 Å². The largest absolute Gasteiger partial charge is 0.482 e. The van der Waals surface area contributed by atoms with Gasteiger partial charge in [-0.3, -0.25) is 14.4 Å². The molecule has 2 aliphatic rings. The molecule has 1 N–H and O–H groups in total. The molecule has 0 radical (unpaired) electrons. The van der Waals surface area contributed by atoms with Crippen molar-refractivity contribution >= 4 is 12.1 Å². The minimum atomic E-state index is -0.739. The van der Waals surface area contributed by atoms with E-state index in [0.717, 1.165) is 18.4 Å². The highest BCUT2D eigenvalue weighted by molar-refractivity contribution is 5.90. The molecule has 1 saturated carbocycles. The van der Waals surface area contributed by atoms with Gasteiger partial charge in [-0.15, -0.1) is 0 Å². The fourth-order valence-electron chi connectivity index (χ4n) is 3.81. The first-order valence-corrected chi connectivity index (χ1v) is 11.5. The summed E-state index contributed by atoms with van der Waals surface area (Å²) in [6.07, 6.45) is 3.40. The Balaban J connectivity index is 1.63. The van der Waals surface area contributed by atoms with E-state index in [1.807, 2.05) is 30.3 Å². The molecule has 1 aliphatic heterocycles. The van der Waals surface area contributed by atoms with Crippen LogP contribution in [0, 0.1) is 0 Å². The Morgan fingerprint density at radius 3 is 2.69 bits per heavy atom. The van der Waals surface area contributed by atoms with Crippen molar-refractivity contribution in [3.05, 3.63) is 76.7 Å². The van der Waals surface area contributed by atoms with Crippen LogP contribution < -0.4 is 15.6 Å². The summed E-state index contributed by atoms with van der Waals surface area (Å²) < 4.78 is 23.6. The van der Waals surface area contributed by atoms with Crippen molar-refractivity contribution in [1.82, 2.24) is 9.58 Å². The molecule has 1 atom stereocenters. The first-order valence-electron chi connectivity index (χ1n) is 11.5. The molecule has 35 heavy (non-hydrogen) atoms. The number of hydrogen-bond acceptors (Lipinski definition) is 8. The Bertz CT molecular complexity index is 1130. The number of esters is 1. The molecule has 1 aliphatic carbocycles. The zero-order valence-electron chi connectivity index (χ0n) is 19.6. The van der Waals surface area contributed by atoms with Crippen molar-refractivity contribution in [3.63, 3.8) is 0 Å². The van der Waals surface area contributed by atoms with E-state index in [9.17, 15) is 14.4 Å². The Labute approximate surface area is 203 Å². The van der Waals surface area contributed by atoms with Crippen LogP contribution in [0.5, 0.6) is 5.75 Å². The van der Waals surface area contributed by atoms with Crippen LogP contribution in [0.4, 0.5) is 4.79 Å². The highest BCUT2D eigenvalue weighted by Gasteiger charge is 2.51. The average molecular weight is 484 g/mol. The van der Waals surface area contributed by atoms with Crippen LogP contribution in [0.2, 0.25) is 0 Å². The quantitative estimate of drug-likeness (QED) is 0.428. The fourth-order valence-corrected chi connectivity index (χ4v) is 3.81. The molecule has 10 nitrogen and oxygen atoms in total. The lowest BCUT2D eigenvalue weighted by Gasteiger charge is -2.40. The normalized spacial score (nSPS) is 18.0. The van der Waals surface area contributed by atoms with E-state index in [-0.39, 0.29) is 43.5 Å². The van der Waals surface area contributed by atoms with Gasteiger partial charge in [0.05, 0.1) is 25.4 Å². The summed E-state index contributed by atoms with van der Waals surface area (Å²) in [7, 11) is 0. The summed E-state index contributed by atoms with van der Waals surface area (Å²) in [5.74, 6) is -0.893. The predicted molar refractivity (Wildman–Crippen MR) is 127 cm³/mol. The number of nitrogens with one attached hydrogen (secondary N) is 1. The molecular formula is C25H29N3O7. The molecule has 1 spiro atoms. The third-order valence-corrected chi connectivity index (χ3v) is 5.79. The molecule has 1 unspecified atom stereocenters. The fraction of sp³-hybridized carbons (Fsp3) is 0.400. The van der Waals surface area contributed by atoms with Gasteiger partial charge in [0.25, 0.3) is 0 Å². The lowest BCUT2D eigenvalue weighted by molar-refractivity contribution is -0.0682. The molecule has 2 heterocycles. The van der Waals surface area contributed by atoms with Crippen LogP contribution in [0.15, 0.2) is 60.0 Å². The molecule has 2 fully saturated rings. The maximum Gasteiger partial charge on any atom is 0.411 e. The number of amides is 1. The summed E-state index contributed by atoms with van der Waals surface area (Å²) in [6.45, 7) is 6.01. The van der Waals surface area contributed by atoms with Crippen molar-refractivity contribution in [2.75, 3.05) is 31.8 Å². The van der Waals surface area contributed by atoms with Crippen LogP contribution in [-0.2, 0) is 20.8 Å². The summed E-state index contributed by atoms with van der Waals surface area (Å²) >= 11 is 0. The van der Waals surface area contributed by atoms with Gasteiger partial charge in [0.2, 0.25) is 5.43 Å². The summed E-state index contributed by atoms with van der Waals surface area (Å²) in [5.41, 5.74) is 2.99. The van der Waals surface area contributed by atoms with Crippen LogP contribution >= 0.6 is 0 Å². The monoisotopic (exact) mass is 483 g/mol. The zero-order chi connectivity index (χ0) is 24.8. The van der Waals surface area contributed by atoms with Crippen molar-refractivity contribution in [1.29, 1.82) is 0 Å². The second-order valence-corrected chi connectivity index (χ2v) is 8.35. The first kappa shape index (κ1) is 24.3. The first-order chi connectivity index (χ1) is 17.0. The van der Waals surface area contributed by atoms with E-state index in [0.29, 0.717) is 6.54 Å². The predicted octanol–water partition coefficient (Wildman–Crippen LogP) is 2.66. The van der Waals surface area contributed by atoms with Crippen molar-refractivity contribution in [3.8, 4) is 5.75 Å². The lowest BCUT2D eigenvalue weighted by atomic mass is 10.2. The topological polar surface area (TPSA) is 108 Å². The number of benzene rings is 1. The Kier molecular flexibility index (Phi) is 7.40. The van der Waals surface area contributed by atoms with E-state index in [1.54, 1.807) is 6.92 Å². The number of carbonyl (C=O) groups excluding carboxylic acids is 2. The van der Waals surface area contributed by atoms with E-state index >= 15 is 0 Å². The molecule has 186 valence electrons. The van der Waals surface area contributed by atoms with Gasteiger partial charge in [0, 0.05) is 12.3 Å². The summed E-state index contributed by atoms with van der Waals surface area (Å²) in [5, 5.41) is 0. The number of aromatic nitrogens is 1. The van der Waals surface area contributed by atoms with Gasteiger partial charge in [-0.1, -0.05) is 43.0 Å². The molecule has 2 aromatic rings. The van der Waals surface area contributed by atoms with Gasteiger partial charge < -0.3 is 24.4 Å². The number of pyridine rings is 1. The minimum absolute atomic E-state index is 0.0689. The molecule has 0 bridgehead atoms. The van der Waals surface area contributed by atoms with Crippen molar-refractivity contribution in [2.24, 2.45) is 0 Å². The summed E-state index contributed by atoms with van der Waals surface area (Å²) in [6, 6.07) is 10.6. The number of morpholine rings is 1. The number of hydrogen-bond donors (Lipinski definition) is 1. The Morgan fingerprint density at radius 1 is 1.23 bits per heavy atom. The van der Waals surface area contributed by atoms with Crippen LogP contribution in [0.1, 0.15) is 35.8 Å². The van der Waals surface area contributed by atoms with Gasteiger partial charge in [0.15, 0.2) is 11.4 Å². The molecule has 1 aromatic carbocycles. The molecule has 4 rings (SSSR count). The van der Waals surface area contributed by atoms with Gasteiger partial charge in [-0.25, -0.2) is 9.59 Å². The minimum Gasteiger partial charge on any atom is -0.482 e. The van der Waals surface area contributed by atoms with Crippen molar-refractivity contribution in [2.45, 2.75) is 38.1 Å². The standard InChI is InChI=1S/C25H29N3O7/c1-3-14-33-24(31)27-17-25(11-12-25)35-16-20(27)26-28-13-10-19(29)22(21(28)23(30)32-4-2)34-15-18-8-6-5-7-9-18/h3,5-10,13,20,26H,1,4,11-12,14-17H2,2H3. The maximum atomic E-state index is 12.9. The second kappa shape index (κ2) is 10.6. The summed E-state index contributed by atoms with van der Waals surface area (Å²) in [4.78, 5) is 39.9. The van der Waals surface area contributed by atoms with Crippen molar-refractivity contribution < 1.29 is 28.5 Å². The third-order valence-electron chi connectivity index (χ3n) is 5.79. The molecule has 10 heteroatoms. The molecule has 1 aromatic heterocycles. The molecular weight excluding hydrogens is 454 g/mol. The van der Waals surface area contributed by atoms with Gasteiger partial charge in [-0.05, 0) is 25.3 Å². The SMILES string of the molecule is C=CCOC(=O)N1CC2(CC2)OCC1Nn1ccc(=O)c(OCc2ccccc2)c1C(=O)OCC. The zero-order valence-corrected chi connectivity index (χ0v) is 19.6. The number of ether oxygens (including phenoxy) is 4. The van der Waals surface area contributed by atoms with Crippen LogP contribution in [-0.4, -0.2) is 59.8 Å². The number of nitrogens with zero attached hydrogens (tertiary/aromatic N) is 2. The second-order valence-electron chi connectivity index (χ2n) is 8.35. The van der Waals surface area contributed by atoms with Gasteiger partial charge >= 0.3 is 12.1 Å². The highest BCUT2D eigenvalue weighted by Crippen LogP contribution is 2.43. The van der Waals surface area contributed by atoms with E-state index < -0.39 is 23.7 Å². The smallest absolute Gasteiger partial charge is 0.411 e. The lowest BCUT2D eigenvalue weighted by Crippen LogP contribution is -2.58. The van der Waals surface area contributed by atoms with E-state index in [2.05, 4.69) is 12.0 Å². The van der Waals surface area contributed by atoms with Crippen LogP contribution in [0.3, 0.4) is 0 Å². The third kappa shape index (κ3) is 5.65. The van der Waals surface area contributed by atoms with Crippen LogP contribution in [0.25, 0.3) is 0 Å². The average Bonchev–Trinajstić information content (AvgIpc) is 3.63. The molecule has 1 saturated heterocycles. The van der Waals surface area contributed by atoms with E-state index in [4.69, 9.17) is 18.9 Å². The Morgan fingerprint density at radius 2 is 2.00 bits per heavy atom. The maximum absolute atomic E-state index is 12.9. The highest BCUT2D eigenvalue weighted by atomic mass is 16.6. The number of carbonyl (C=O) groups is 2. The van der Waals surface area contributed by atoms with E-state index in [1.165, 1.54) is 27.9 Å².